The predicted molar refractivity (Wildman–Crippen MR) is 82.1 cm³/mol. The van der Waals surface area contributed by atoms with Gasteiger partial charge in [0.2, 0.25) is 5.83 Å². The van der Waals surface area contributed by atoms with Crippen molar-refractivity contribution < 1.29 is 30.7 Å². The molecule has 0 radical (unpaired) electrons. The number of rotatable bonds is 4. The highest BCUT2D eigenvalue weighted by molar-refractivity contribution is 5.68. The maximum Gasteiger partial charge on any atom is 0.442 e. The Morgan fingerprint density at radius 2 is 1.12 bits per heavy atom. The van der Waals surface area contributed by atoms with Gasteiger partial charge in [0.25, 0.3) is 6.43 Å². The molecule has 0 spiro atoms. The molecule has 0 heterocycles. The average Bonchev–Trinajstić information content (AvgIpc) is 2.55. The van der Waals surface area contributed by atoms with E-state index < -0.39 is 24.3 Å². The average molecular weight is 360 g/mol. The van der Waals surface area contributed by atoms with Crippen molar-refractivity contribution in [1.29, 1.82) is 0 Å². The van der Waals surface area contributed by atoms with E-state index in [1.165, 1.54) is 36.4 Å². The van der Waals surface area contributed by atoms with Gasteiger partial charge in [0.05, 0.1) is 0 Å². The molecular formula is C18H11F7. The summed E-state index contributed by atoms with van der Waals surface area (Å²) in [6.07, 6.45) is -7.12. The lowest BCUT2D eigenvalue weighted by Gasteiger charge is -2.05. The van der Waals surface area contributed by atoms with Gasteiger partial charge in [-0.3, -0.25) is 0 Å². The van der Waals surface area contributed by atoms with Crippen LogP contribution in [0, 0.1) is 0 Å². The first-order chi connectivity index (χ1) is 11.7. The molecule has 0 nitrogen and oxygen atoms in total. The molecule has 0 saturated carbocycles. The van der Waals surface area contributed by atoms with Gasteiger partial charge in [0.15, 0.2) is 5.83 Å². The summed E-state index contributed by atoms with van der Waals surface area (Å²) in [6.45, 7) is 0. The van der Waals surface area contributed by atoms with Crippen LogP contribution >= 0.6 is 0 Å². The van der Waals surface area contributed by atoms with Crippen LogP contribution in [0.15, 0.2) is 60.2 Å². The SMILES string of the molecule is FC(=Cc1ccc(-c2ccc(C=C(F)C(F)(F)F)cc2)cc1)C(F)F. The lowest BCUT2D eigenvalue weighted by Crippen LogP contribution is -2.07. The molecule has 0 bridgehead atoms. The van der Waals surface area contributed by atoms with Crippen LogP contribution in [0.3, 0.4) is 0 Å². The van der Waals surface area contributed by atoms with Crippen molar-refractivity contribution in [3.05, 3.63) is 71.3 Å². The fourth-order valence-corrected chi connectivity index (χ4v) is 1.99. The maximum absolute atomic E-state index is 12.9. The zero-order valence-electron chi connectivity index (χ0n) is 12.5. The topological polar surface area (TPSA) is 0 Å². The molecule has 0 unspecified atom stereocenters. The van der Waals surface area contributed by atoms with E-state index in [9.17, 15) is 30.7 Å². The van der Waals surface area contributed by atoms with Crippen molar-refractivity contribution in [2.45, 2.75) is 12.6 Å². The van der Waals surface area contributed by atoms with Gasteiger partial charge in [-0.15, -0.1) is 0 Å². The summed E-state index contributed by atoms with van der Waals surface area (Å²) in [5, 5.41) is 0. The molecule has 2 rings (SSSR count). The van der Waals surface area contributed by atoms with Gasteiger partial charge in [-0.1, -0.05) is 48.5 Å². The maximum atomic E-state index is 12.9. The van der Waals surface area contributed by atoms with Crippen LogP contribution in [0.4, 0.5) is 30.7 Å². The van der Waals surface area contributed by atoms with Crippen molar-refractivity contribution >= 4 is 12.2 Å². The Kier molecular flexibility index (Phi) is 5.66. The highest BCUT2D eigenvalue weighted by atomic mass is 19.4. The monoisotopic (exact) mass is 360 g/mol. The fraction of sp³-hybridized carbons (Fsp3) is 0.111. The van der Waals surface area contributed by atoms with Crippen LogP contribution in [-0.2, 0) is 0 Å². The van der Waals surface area contributed by atoms with Crippen molar-refractivity contribution in [3.63, 3.8) is 0 Å². The Balaban J connectivity index is 2.19. The third-order valence-corrected chi connectivity index (χ3v) is 3.23. The van der Waals surface area contributed by atoms with E-state index in [-0.39, 0.29) is 11.1 Å². The van der Waals surface area contributed by atoms with Gasteiger partial charge in [-0.2, -0.15) is 13.2 Å². The standard InChI is InChI=1S/C18H11F7/c19-15(17(21)22)9-11-1-5-13(6-2-11)14-7-3-12(4-8-14)10-16(20)18(23,24)25/h1-10,17H. The number of allylic oxidation sites excluding steroid dienone is 2. The summed E-state index contributed by atoms with van der Waals surface area (Å²) in [5.41, 5.74) is 1.54. The normalized spacial score (nSPS) is 13.4. The summed E-state index contributed by atoms with van der Waals surface area (Å²) in [4.78, 5) is 0. The molecule has 25 heavy (non-hydrogen) atoms. The molecule has 0 atom stereocenters. The van der Waals surface area contributed by atoms with E-state index >= 15 is 0 Å². The van der Waals surface area contributed by atoms with Crippen molar-refractivity contribution in [3.8, 4) is 11.1 Å². The molecule has 0 saturated heterocycles. The van der Waals surface area contributed by atoms with Crippen LogP contribution in [0.2, 0.25) is 0 Å². The Morgan fingerprint density at radius 1 is 0.720 bits per heavy atom. The number of alkyl halides is 5. The van der Waals surface area contributed by atoms with Gasteiger partial charge < -0.3 is 0 Å². The predicted octanol–water partition coefficient (Wildman–Crippen LogP) is 6.80. The molecular weight excluding hydrogens is 349 g/mol. The summed E-state index contributed by atoms with van der Waals surface area (Å²) in [5.74, 6) is -3.74. The zero-order chi connectivity index (χ0) is 18.6. The van der Waals surface area contributed by atoms with Crippen LogP contribution in [0.1, 0.15) is 11.1 Å². The quantitative estimate of drug-likeness (QED) is 0.526. The van der Waals surface area contributed by atoms with E-state index in [4.69, 9.17) is 0 Å². The number of hydrogen-bond acceptors (Lipinski definition) is 0. The second-order valence-electron chi connectivity index (χ2n) is 5.06. The second-order valence-corrected chi connectivity index (χ2v) is 5.06. The van der Waals surface area contributed by atoms with Gasteiger partial charge in [0, 0.05) is 0 Å². The molecule has 7 heteroatoms. The molecule has 0 N–H and O–H groups in total. The first kappa shape index (κ1) is 18.8. The first-order valence-corrected chi connectivity index (χ1v) is 6.97. The minimum atomic E-state index is -5.03. The summed E-state index contributed by atoms with van der Waals surface area (Å²) in [6, 6.07) is 11.5. The van der Waals surface area contributed by atoms with E-state index in [1.807, 2.05) is 0 Å². The van der Waals surface area contributed by atoms with Crippen LogP contribution in [-0.4, -0.2) is 12.6 Å². The van der Waals surface area contributed by atoms with Gasteiger partial charge >= 0.3 is 6.18 Å². The third kappa shape index (κ3) is 5.20. The first-order valence-electron chi connectivity index (χ1n) is 6.97. The van der Waals surface area contributed by atoms with Crippen molar-refractivity contribution in [2.75, 3.05) is 0 Å². The largest absolute Gasteiger partial charge is 0.442 e. The number of halogens is 7. The Labute approximate surface area is 138 Å². The summed E-state index contributed by atoms with van der Waals surface area (Å²) < 4.78 is 86.4. The van der Waals surface area contributed by atoms with Crippen molar-refractivity contribution in [1.82, 2.24) is 0 Å². The molecule has 2 aromatic carbocycles. The summed E-state index contributed by atoms with van der Waals surface area (Å²) >= 11 is 0. The van der Waals surface area contributed by atoms with Crippen LogP contribution < -0.4 is 0 Å². The number of hydrogen-bond donors (Lipinski definition) is 0. The van der Waals surface area contributed by atoms with E-state index in [1.54, 1.807) is 12.1 Å². The van der Waals surface area contributed by atoms with Gasteiger partial charge in [-0.25, -0.2) is 17.6 Å². The second kappa shape index (κ2) is 7.55. The van der Waals surface area contributed by atoms with Crippen molar-refractivity contribution in [2.24, 2.45) is 0 Å². The minimum Gasteiger partial charge on any atom is -0.205 e. The Bertz CT molecular complexity index is 767. The smallest absolute Gasteiger partial charge is 0.205 e. The highest BCUT2D eigenvalue weighted by Gasteiger charge is 2.34. The summed E-state index contributed by atoms with van der Waals surface area (Å²) in [7, 11) is 0. The molecule has 0 aliphatic heterocycles. The highest BCUT2D eigenvalue weighted by Crippen LogP contribution is 2.29. The van der Waals surface area contributed by atoms with Crippen LogP contribution in [0.25, 0.3) is 23.3 Å². The Hall–Kier alpha value is -2.57. The lowest BCUT2D eigenvalue weighted by atomic mass is 10.0. The fourth-order valence-electron chi connectivity index (χ4n) is 1.99. The van der Waals surface area contributed by atoms with Crippen LogP contribution in [0.5, 0.6) is 0 Å². The minimum absolute atomic E-state index is 0.0390. The molecule has 0 aromatic heterocycles. The number of benzene rings is 2. The Morgan fingerprint density at radius 3 is 1.48 bits per heavy atom. The van der Waals surface area contributed by atoms with E-state index in [2.05, 4.69) is 0 Å². The third-order valence-electron chi connectivity index (χ3n) is 3.23. The molecule has 132 valence electrons. The molecule has 0 aliphatic carbocycles. The zero-order valence-corrected chi connectivity index (χ0v) is 12.5. The molecule has 0 fully saturated rings. The molecule has 0 amide bonds. The molecule has 0 aliphatic rings. The van der Waals surface area contributed by atoms with E-state index in [0.29, 0.717) is 23.3 Å². The van der Waals surface area contributed by atoms with Gasteiger partial charge in [0.1, 0.15) is 0 Å². The van der Waals surface area contributed by atoms with E-state index in [0.717, 1.165) is 0 Å². The molecule has 2 aromatic rings. The van der Waals surface area contributed by atoms with Gasteiger partial charge in [-0.05, 0) is 34.4 Å². The lowest BCUT2D eigenvalue weighted by molar-refractivity contribution is -0.107.